The molecule has 1 atom stereocenters. The first-order chi connectivity index (χ1) is 15.0. The summed E-state index contributed by atoms with van der Waals surface area (Å²) in [6.45, 7) is 2.00. The van der Waals surface area contributed by atoms with E-state index in [0.717, 1.165) is 46.0 Å². The van der Waals surface area contributed by atoms with E-state index in [9.17, 15) is 13.0 Å². The van der Waals surface area contributed by atoms with Crippen molar-refractivity contribution in [3.8, 4) is 11.5 Å². The van der Waals surface area contributed by atoms with E-state index < -0.39 is 36.6 Å². The van der Waals surface area contributed by atoms with Crippen LogP contribution in [0.3, 0.4) is 0 Å². The summed E-state index contributed by atoms with van der Waals surface area (Å²) >= 11 is -1.07. The van der Waals surface area contributed by atoms with Crippen molar-refractivity contribution in [3.05, 3.63) is 95.6 Å². The molecule has 4 nitrogen and oxygen atoms in total. The molecule has 0 spiro atoms. The summed E-state index contributed by atoms with van der Waals surface area (Å²) in [5, 5.41) is 0. The van der Waals surface area contributed by atoms with Crippen molar-refractivity contribution in [1.29, 1.82) is 0 Å². The summed E-state index contributed by atoms with van der Waals surface area (Å²) in [5.74, 6) is 1.61. The van der Waals surface area contributed by atoms with Gasteiger partial charge in [-0.25, -0.2) is 0 Å². The van der Waals surface area contributed by atoms with Crippen LogP contribution in [0.25, 0.3) is 0 Å². The molecule has 0 radical (unpaired) electrons. The van der Waals surface area contributed by atoms with E-state index in [1.807, 2.05) is 67.6 Å². The molecule has 1 N–H and O–H groups in total. The van der Waals surface area contributed by atoms with Crippen LogP contribution in [0.15, 0.2) is 78.9 Å². The van der Waals surface area contributed by atoms with Crippen molar-refractivity contribution in [3.63, 3.8) is 0 Å². The minimum absolute atomic E-state index is 0.512. The molecule has 3 rings (SSSR count). The number of rotatable bonds is 11. The molecule has 0 fully saturated rings. The van der Waals surface area contributed by atoms with E-state index in [-0.39, 0.29) is 0 Å². The van der Waals surface area contributed by atoms with Gasteiger partial charge in [-0.05, 0) is 0 Å². The summed E-state index contributed by atoms with van der Waals surface area (Å²) in [6, 6.07) is 26.3. The predicted molar refractivity (Wildman–Crippen MR) is 127 cm³/mol. The Balaban J connectivity index is 1.65. The second-order valence-electron chi connectivity index (χ2n) is 7.31. The van der Waals surface area contributed by atoms with Gasteiger partial charge in [-0.3, -0.25) is 0 Å². The first-order valence-corrected chi connectivity index (χ1v) is 16.0. The molecule has 1 unspecified atom stereocenters. The standard InChI is InChI=1S/C23H23O4S.C2H5.Po/c24-28(25,26)16-7-6-11-20-12-8-14-22(18-20)27-23-15-5-4-13-21(23)17-19-9-2-1-3-10-19;1-2;/h1-5,8-10,12-16,18H,6-7,11,17H2,(H,24,25,26);1H2,2H3;. The van der Waals surface area contributed by atoms with Crippen molar-refractivity contribution >= 4 is 33.7 Å². The molecular formula is C25H28O4PoS. The van der Waals surface area contributed by atoms with Crippen molar-refractivity contribution in [2.24, 2.45) is 0 Å². The zero-order valence-corrected chi connectivity index (χ0v) is 21.6. The first-order valence-electron chi connectivity index (χ1n) is 10.4. The van der Waals surface area contributed by atoms with Gasteiger partial charge in [-0.2, -0.15) is 0 Å². The Morgan fingerprint density at radius 2 is 1.65 bits per heavy atom. The van der Waals surface area contributed by atoms with Gasteiger partial charge in [0.2, 0.25) is 0 Å². The first kappa shape index (κ1) is 23.9. The van der Waals surface area contributed by atoms with Gasteiger partial charge in [0.15, 0.2) is 0 Å². The Labute approximate surface area is 197 Å². The van der Waals surface area contributed by atoms with Gasteiger partial charge in [-0.1, -0.05) is 30.3 Å². The van der Waals surface area contributed by atoms with Crippen LogP contribution in [0.4, 0.5) is 0 Å². The van der Waals surface area contributed by atoms with Gasteiger partial charge >= 0.3 is 168 Å². The molecule has 6 heteroatoms. The molecule has 0 aliphatic carbocycles. The number of hydrogen-bond acceptors (Lipinski definition) is 3. The van der Waals surface area contributed by atoms with Crippen molar-refractivity contribution in [2.45, 2.75) is 39.6 Å². The molecule has 3 aromatic carbocycles. The van der Waals surface area contributed by atoms with Crippen LogP contribution in [-0.2, 0) is 23.0 Å². The van der Waals surface area contributed by atoms with E-state index in [1.54, 1.807) is 0 Å². The number of aryl methyl sites for hydroxylation is 1. The second-order valence-corrected chi connectivity index (χ2v) is 15.9. The summed E-state index contributed by atoms with van der Waals surface area (Å²) < 4.78 is 39.2. The van der Waals surface area contributed by atoms with Crippen LogP contribution in [0.5, 0.6) is 11.5 Å². The average molecular weight is 634 g/mol. The van der Waals surface area contributed by atoms with E-state index in [2.05, 4.69) is 18.2 Å². The molecule has 0 heterocycles. The third kappa shape index (κ3) is 7.72. The predicted octanol–water partition coefficient (Wildman–Crippen LogP) is 5.75. The van der Waals surface area contributed by atoms with Gasteiger partial charge in [0.25, 0.3) is 0 Å². The maximum absolute atomic E-state index is 11.6. The van der Waals surface area contributed by atoms with Gasteiger partial charge in [0.05, 0.1) is 0 Å². The Bertz CT molecular complexity index is 1070. The molecular weight excluding hydrogens is 605 g/mol. The van der Waals surface area contributed by atoms with Gasteiger partial charge in [0.1, 0.15) is 0 Å². The zero-order valence-electron chi connectivity index (χ0n) is 17.6. The van der Waals surface area contributed by atoms with Crippen LogP contribution >= 0.6 is 0 Å². The molecule has 0 amide bonds. The Hall–Kier alpha value is -1.73. The van der Waals surface area contributed by atoms with Crippen molar-refractivity contribution in [2.75, 3.05) is 0 Å². The van der Waals surface area contributed by atoms with Gasteiger partial charge in [-0.15, -0.1) is 0 Å². The maximum atomic E-state index is 11.6. The Kier molecular flexibility index (Phi) is 9.08. The normalized spacial score (nSPS) is 12.5. The fraction of sp³-hybridized carbons (Fsp3) is 0.280. The number of ether oxygens (including phenoxy) is 1. The van der Waals surface area contributed by atoms with Crippen LogP contribution < -0.4 is 4.74 Å². The summed E-state index contributed by atoms with van der Waals surface area (Å²) in [7, 11) is -3.91. The molecule has 0 aromatic heterocycles. The van der Waals surface area contributed by atoms with Gasteiger partial charge in [0, 0.05) is 0 Å². The molecule has 0 saturated heterocycles. The number of hydrogen-bond donors (Lipinski definition) is 1. The fourth-order valence-corrected chi connectivity index (χ4v) is 10.0. The SMILES string of the molecule is C[CH2][Po][CH](CCCc1cccc(Oc2ccccc2Cc2ccccc2)c1)S(=O)(=O)O. The van der Waals surface area contributed by atoms with E-state index >= 15 is 0 Å². The second kappa shape index (κ2) is 11.8. The fourth-order valence-electron chi connectivity index (χ4n) is 3.43. The van der Waals surface area contributed by atoms with E-state index in [4.69, 9.17) is 4.74 Å². The third-order valence-electron chi connectivity index (χ3n) is 4.93. The van der Waals surface area contributed by atoms with Gasteiger partial charge < -0.3 is 0 Å². The Morgan fingerprint density at radius 3 is 2.39 bits per heavy atom. The van der Waals surface area contributed by atoms with Crippen LogP contribution in [0.1, 0.15) is 36.5 Å². The minimum atomic E-state index is -3.91. The van der Waals surface area contributed by atoms with Crippen molar-refractivity contribution < 1.29 is 17.7 Å². The molecule has 164 valence electrons. The number of benzene rings is 3. The van der Waals surface area contributed by atoms with Crippen LogP contribution in [0, 0.1) is 0 Å². The summed E-state index contributed by atoms with van der Waals surface area (Å²) in [5.41, 5.74) is 3.46. The quantitative estimate of drug-likeness (QED) is 0.274. The van der Waals surface area contributed by atoms with Crippen LogP contribution in [-0.4, -0.2) is 39.4 Å². The molecule has 3 aromatic rings. The van der Waals surface area contributed by atoms with E-state index in [1.165, 1.54) is 5.56 Å². The summed E-state index contributed by atoms with van der Waals surface area (Å²) in [6.07, 6.45) is 2.83. The monoisotopic (exact) mass is 633 g/mol. The molecule has 0 aliphatic heterocycles. The molecule has 0 aliphatic rings. The zero-order chi connectivity index (χ0) is 22.1. The van der Waals surface area contributed by atoms with E-state index in [0.29, 0.717) is 6.42 Å². The third-order valence-corrected chi connectivity index (χ3v) is 13.5. The summed E-state index contributed by atoms with van der Waals surface area (Å²) in [4.78, 5) is 0. The van der Waals surface area contributed by atoms with Crippen molar-refractivity contribution in [1.82, 2.24) is 0 Å². The van der Waals surface area contributed by atoms with Crippen LogP contribution in [0.2, 0.25) is 4.08 Å². The molecule has 0 bridgehead atoms. The number of para-hydroxylation sites is 1. The average Bonchev–Trinajstić information content (AvgIpc) is 2.75. The topological polar surface area (TPSA) is 63.6 Å². The molecule has 31 heavy (non-hydrogen) atoms. The molecule has 0 saturated carbocycles. The Morgan fingerprint density at radius 1 is 0.935 bits per heavy atom.